The number of furan rings is 1. The molecule has 0 saturated carbocycles. The normalized spacial score (nSPS) is 12.9. The summed E-state index contributed by atoms with van der Waals surface area (Å²) in [6.07, 6.45) is 5.14. The summed E-state index contributed by atoms with van der Waals surface area (Å²) in [6.45, 7) is 2.91. The van der Waals surface area contributed by atoms with Crippen LogP contribution in [0, 0.1) is 0 Å². The molecule has 0 aliphatic heterocycles. The third-order valence-corrected chi connectivity index (χ3v) is 2.67. The summed E-state index contributed by atoms with van der Waals surface area (Å²) in [4.78, 5) is 0. The van der Waals surface area contributed by atoms with Gasteiger partial charge in [-0.05, 0) is 24.1 Å². The molecule has 2 rings (SSSR count). The van der Waals surface area contributed by atoms with E-state index < -0.39 is 6.10 Å². The number of hydrogen-bond donors (Lipinski definition) is 1. The van der Waals surface area contributed by atoms with Crippen LogP contribution < -0.4 is 0 Å². The number of nitrogens with zero attached hydrogens (tertiary/aromatic N) is 2. The monoisotopic (exact) mass is 240 g/mol. The summed E-state index contributed by atoms with van der Waals surface area (Å²) < 4.78 is 6.74. The zero-order chi connectivity index (χ0) is 11.5. The Hall–Kier alpha value is -1.26. The van der Waals surface area contributed by atoms with Gasteiger partial charge in [-0.3, -0.25) is 4.68 Å². The molecule has 2 aromatic rings. The van der Waals surface area contributed by atoms with Crippen molar-refractivity contribution in [2.24, 2.45) is 0 Å². The lowest BCUT2D eigenvalue weighted by molar-refractivity contribution is 0.219. The smallest absolute Gasteiger partial charge is 0.199 e. The minimum Gasteiger partial charge on any atom is -0.453 e. The van der Waals surface area contributed by atoms with Crippen LogP contribution in [0.2, 0.25) is 5.22 Å². The van der Waals surface area contributed by atoms with E-state index in [4.69, 9.17) is 16.0 Å². The number of hydrogen-bond acceptors (Lipinski definition) is 3. The Morgan fingerprint density at radius 3 is 3.06 bits per heavy atom. The largest absolute Gasteiger partial charge is 0.453 e. The molecule has 86 valence electrons. The Morgan fingerprint density at radius 2 is 2.44 bits per heavy atom. The first-order valence-corrected chi connectivity index (χ1v) is 5.53. The fourth-order valence-corrected chi connectivity index (χ4v) is 1.77. The quantitative estimate of drug-likeness (QED) is 0.894. The molecule has 0 aliphatic rings. The van der Waals surface area contributed by atoms with E-state index in [0.717, 1.165) is 18.5 Å². The maximum atomic E-state index is 10.0. The van der Waals surface area contributed by atoms with Crippen LogP contribution in [0.15, 0.2) is 29.1 Å². The van der Waals surface area contributed by atoms with Crippen LogP contribution in [0.1, 0.15) is 30.6 Å². The van der Waals surface area contributed by atoms with Crippen molar-refractivity contribution in [1.29, 1.82) is 0 Å². The highest BCUT2D eigenvalue weighted by Gasteiger charge is 2.17. The van der Waals surface area contributed by atoms with Crippen molar-refractivity contribution >= 4 is 11.6 Å². The molecule has 2 heterocycles. The Balaban J connectivity index is 2.20. The van der Waals surface area contributed by atoms with Crippen LogP contribution in [-0.4, -0.2) is 14.9 Å². The second kappa shape index (κ2) is 4.72. The highest BCUT2D eigenvalue weighted by molar-refractivity contribution is 6.29. The molecule has 1 N–H and O–H groups in total. The van der Waals surface area contributed by atoms with E-state index in [2.05, 4.69) is 12.0 Å². The van der Waals surface area contributed by atoms with E-state index in [1.54, 1.807) is 16.9 Å². The molecule has 0 bridgehead atoms. The summed E-state index contributed by atoms with van der Waals surface area (Å²) in [5.74, 6) is 0. The molecule has 5 heteroatoms. The fourth-order valence-electron chi connectivity index (χ4n) is 1.55. The molecule has 0 saturated heterocycles. The molecule has 4 nitrogen and oxygen atoms in total. The molecule has 16 heavy (non-hydrogen) atoms. The topological polar surface area (TPSA) is 51.2 Å². The zero-order valence-corrected chi connectivity index (χ0v) is 9.68. The average molecular weight is 241 g/mol. The minimum atomic E-state index is -0.781. The lowest BCUT2D eigenvalue weighted by Crippen LogP contribution is -1.98. The molecule has 2 aromatic heterocycles. The number of rotatable bonds is 4. The highest BCUT2D eigenvalue weighted by Crippen LogP contribution is 2.28. The van der Waals surface area contributed by atoms with Gasteiger partial charge in [-0.15, -0.1) is 0 Å². The van der Waals surface area contributed by atoms with Gasteiger partial charge in [-0.25, -0.2) is 0 Å². The number of aliphatic hydroxyl groups is 1. The third-order valence-electron chi connectivity index (χ3n) is 2.36. The molecule has 0 aromatic carbocycles. The van der Waals surface area contributed by atoms with Crippen molar-refractivity contribution in [3.63, 3.8) is 0 Å². The zero-order valence-electron chi connectivity index (χ0n) is 8.93. The lowest BCUT2D eigenvalue weighted by Gasteiger charge is -2.05. The summed E-state index contributed by atoms with van der Waals surface area (Å²) in [7, 11) is 0. The van der Waals surface area contributed by atoms with Crippen LogP contribution in [-0.2, 0) is 6.54 Å². The third kappa shape index (κ3) is 2.13. The Kier molecular flexibility index (Phi) is 3.31. The van der Waals surface area contributed by atoms with Gasteiger partial charge in [0, 0.05) is 23.9 Å². The van der Waals surface area contributed by atoms with Gasteiger partial charge in [0.1, 0.15) is 6.10 Å². The first kappa shape index (κ1) is 11.2. The first-order chi connectivity index (χ1) is 7.72. The van der Waals surface area contributed by atoms with Crippen LogP contribution >= 0.6 is 11.6 Å². The van der Waals surface area contributed by atoms with Gasteiger partial charge in [0.05, 0.1) is 12.5 Å². The number of aryl methyl sites for hydroxylation is 1. The van der Waals surface area contributed by atoms with Crippen molar-refractivity contribution in [2.75, 3.05) is 0 Å². The predicted molar refractivity (Wildman–Crippen MR) is 60.3 cm³/mol. The fraction of sp³-hybridized carbons (Fsp3) is 0.364. The molecular formula is C11H13ClN2O2. The van der Waals surface area contributed by atoms with E-state index in [1.807, 2.05) is 6.20 Å². The van der Waals surface area contributed by atoms with E-state index in [9.17, 15) is 5.11 Å². The maximum absolute atomic E-state index is 10.0. The molecule has 0 fully saturated rings. The number of aliphatic hydroxyl groups excluding tert-OH is 1. The van der Waals surface area contributed by atoms with Crippen molar-refractivity contribution in [3.05, 3.63) is 41.1 Å². The van der Waals surface area contributed by atoms with E-state index >= 15 is 0 Å². The summed E-state index contributed by atoms with van der Waals surface area (Å²) >= 11 is 5.80. The second-order valence-electron chi connectivity index (χ2n) is 3.59. The van der Waals surface area contributed by atoms with E-state index in [-0.39, 0.29) is 5.22 Å². The molecule has 1 unspecified atom stereocenters. The summed E-state index contributed by atoms with van der Waals surface area (Å²) in [5, 5.41) is 14.4. The van der Waals surface area contributed by atoms with Crippen molar-refractivity contribution in [1.82, 2.24) is 9.78 Å². The van der Waals surface area contributed by atoms with Gasteiger partial charge < -0.3 is 9.52 Å². The molecule has 0 radical (unpaired) electrons. The number of halogens is 1. The SMILES string of the molecule is CCCn1cc(C(O)c2ccoc2Cl)cn1. The molecule has 0 amide bonds. The molecule has 1 atom stereocenters. The Labute approximate surface area is 98.4 Å². The van der Waals surface area contributed by atoms with Gasteiger partial charge in [-0.1, -0.05) is 6.92 Å². The van der Waals surface area contributed by atoms with Crippen molar-refractivity contribution in [2.45, 2.75) is 26.0 Å². The van der Waals surface area contributed by atoms with Gasteiger partial charge in [0.2, 0.25) is 0 Å². The Bertz CT molecular complexity index is 464. The maximum Gasteiger partial charge on any atom is 0.199 e. The first-order valence-electron chi connectivity index (χ1n) is 5.15. The molecule has 0 spiro atoms. The Morgan fingerprint density at radius 1 is 1.62 bits per heavy atom. The van der Waals surface area contributed by atoms with Gasteiger partial charge in [-0.2, -0.15) is 5.10 Å². The van der Waals surface area contributed by atoms with Gasteiger partial charge in [0.25, 0.3) is 0 Å². The molecule has 0 aliphatic carbocycles. The van der Waals surface area contributed by atoms with Crippen molar-refractivity contribution in [3.8, 4) is 0 Å². The van der Waals surface area contributed by atoms with Crippen LogP contribution in [0.5, 0.6) is 0 Å². The van der Waals surface area contributed by atoms with Gasteiger partial charge >= 0.3 is 0 Å². The number of aromatic nitrogens is 2. The van der Waals surface area contributed by atoms with Crippen LogP contribution in [0.3, 0.4) is 0 Å². The molecular weight excluding hydrogens is 228 g/mol. The highest BCUT2D eigenvalue weighted by atomic mass is 35.5. The van der Waals surface area contributed by atoms with Gasteiger partial charge in [0.15, 0.2) is 5.22 Å². The summed E-state index contributed by atoms with van der Waals surface area (Å²) in [6, 6.07) is 1.66. The predicted octanol–water partition coefficient (Wildman–Crippen LogP) is 2.62. The van der Waals surface area contributed by atoms with E-state index in [0.29, 0.717) is 5.56 Å². The lowest BCUT2D eigenvalue weighted by atomic mass is 10.1. The second-order valence-corrected chi connectivity index (χ2v) is 3.93. The van der Waals surface area contributed by atoms with Crippen LogP contribution in [0.4, 0.5) is 0 Å². The summed E-state index contributed by atoms with van der Waals surface area (Å²) in [5.41, 5.74) is 1.29. The average Bonchev–Trinajstić information content (AvgIpc) is 2.87. The van der Waals surface area contributed by atoms with E-state index in [1.165, 1.54) is 6.26 Å². The van der Waals surface area contributed by atoms with Crippen LogP contribution in [0.25, 0.3) is 0 Å². The minimum absolute atomic E-state index is 0.218. The van der Waals surface area contributed by atoms with Crippen molar-refractivity contribution < 1.29 is 9.52 Å². The standard InChI is InChI=1S/C11H13ClN2O2/c1-2-4-14-7-8(6-13-14)10(15)9-3-5-16-11(9)12/h3,5-7,10,15H,2,4H2,1H3.